The minimum atomic E-state index is -0.0151. The van der Waals surface area contributed by atoms with Gasteiger partial charge in [0, 0.05) is 20.1 Å². The standard InChI is InChI=1S/C19H30N4O2/c1-3-23-10-6-7-15(13-23)11-21-19(20-2)22-12-16-14-24-17-8-4-5-9-18(17)25-16/h4-5,8-9,15-16H,3,6-7,10-14H2,1-2H3,(H2,20,21,22). The predicted molar refractivity (Wildman–Crippen MR) is 101 cm³/mol. The molecule has 0 amide bonds. The Morgan fingerprint density at radius 1 is 1.24 bits per heavy atom. The minimum Gasteiger partial charge on any atom is -0.486 e. The molecule has 0 aromatic heterocycles. The highest BCUT2D eigenvalue weighted by molar-refractivity contribution is 5.79. The normalized spacial score (nSPS) is 24.0. The summed E-state index contributed by atoms with van der Waals surface area (Å²) in [5.74, 6) is 3.15. The summed E-state index contributed by atoms with van der Waals surface area (Å²) >= 11 is 0. The lowest BCUT2D eigenvalue weighted by Gasteiger charge is -2.32. The van der Waals surface area contributed by atoms with Crippen molar-refractivity contribution >= 4 is 5.96 Å². The van der Waals surface area contributed by atoms with Crippen molar-refractivity contribution in [3.05, 3.63) is 24.3 Å². The summed E-state index contributed by atoms with van der Waals surface area (Å²) in [7, 11) is 1.81. The Balaban J connectivity index is 1.41. The fourth-order valence-electron chi connectivity index (χ4n) is 3.44. The Labute approximate surface area is 150 Å². The third-order valence-electron chi connectivity index (χ3n) is 4.90. The zero-order valence-corrected chi connectivity index (χ0v) is 15.3. The van der Waals surface area contributed by atoms with E-state index in [0.29, 0.717) is 19.1 Å². The van der Waals surface area contributed by atoms with Crippen molar-refractivity contribution in [2.24, 2.45) is 10.9 Å². The van der Waals surface area contributed by atoms with Gasteiger partial charge in [-0.1, -0.05) is 19.1 Å². The quantitative estimate of drug-likeness (QED) is 0.628. The molecule has 2 atom stereocenters. The first kappa shape index (κ1) is 17.9. The molecule has 0 aliphatic carbocycles. The Hall–Kier alpha value is -1.95. The highest BCUT2D eigenvalue weighted by Gasteiger charge is 2.21. The maximum Gasteiger partial charge on any atom is 0.191 e. The second-order valence-corrected chi connectivity index (χ2v) is 6.73. The van der Waals surface area contributed by atoms with Crippen molar-refractivity contribution in [1.29, 1.82) is 0 Å². The van der Waals surface area contributed by atoms with E-state index in [1.807, 2.05) is 31.3 Å². The van der Waals surface area contributed by atoms with Crippen molar-refractivity contribution in [3.8, 4) is 11.5 Å². The molecule has 1 aromatic carbocycles. The van der Waals surface area contributed by atoms with E-state index in [0.717, 1.165) is 30.5 Å². The molecule has 1 aromatic rings. The van der Waals surface area contributed by atoms with Gasteiger partial charge >= 0.3 is 0 Å². The maximum absolute atomic E-state index is 5.97. The Kier molecular flexibility index (Phi) is 6.39. The number of nitrogens with one attached hydrogen (secondary N) is 2. The third kappa shape index (κ3) is 5.01. The first-order chi connectivity index (χ1) is 12.3. The molecule has 2 aliphatic heterocycles. The summed E-state index contributed by atoms with van der Waals surface area (Å²) < 4.78 is 11.7. The zero-order chi connectivity index (χ0) is 17.5. The first-order valence-corrected chi connectivity index (χ1v) is 9.33. The molecule has 6 heteroatoms. The lowest BCUT2D eigenvalue weighted by Crippen LogP contribution is -2.47. The van der Waals surface area contributed by atoms with Gasteiger partial charge in [-0.25, -0.2) is 0 Å². The largest absolute Gasteiger partial charge is 0.486 e. The van der Waals surface area contributed by atoms with Crippen molar-refractivity contribution in [2.45, 2.75) is 25.9 Å². The molecular weight excluding hydrogens is 316 g/mol. The topological polar surface area (TPSA) is 58.1 Å². The molecule has 25 heavy (non-hydrogen) atoms. The Morgan fingerprint density at radius 3 is 2.84 bits per heavy atom. The molecule has 3 rings (SSSR count). The van der Waals surface area contributed by atoms with Gasteiger partial charge in [-0.3, -0.25) is 4.99 Å². The lowest BCUT2D eigenvalue weighted by atomic mass is 9.98. The minimum absolute atomic E-state index is 0.0151. The van der Waals surface area contributed by atoms with Crippen LogP contribution in [0.1, 0.15) is 19.8 Å². The number of ether oxygens (including phenoxy) is 2. The van der Waals surface area contributed by atoms with Gasteiger partial charge in [-0.2, -0.15) is 0 Å². The van der Waals surface area contributed by atoms with Gasteiger partial charge in [0.05, 0.1) is 6.54 Å². The van der Waals surface area contributed by atoms with E-state index in [2.05, 4.69) is 27.4 Å². The van der Waals surface area contributed by atoms with Crippen LogP contribution < -0.4 is 20.1 Å². The van der Waals surface area contributed by atoms with Gasteiger partial charge in [0.25, 0.3) is 0 Å². The summed E-state index contributed by atoms with van der Waals surface area (Å²) in [4.78, 5) is 6.85. The number of hydrogen-bond acceptors (Lipinski definition) is 4. The van der Waals surface area contributed by atoms with Crippen molar-refractivity contribution in [3.63, 3.8) is 0 Å². The molecule has 6 nitrogen and oxygen atoms in total. The predicted octanol–water partition coefficient (Wildman–Crippen LogP) is 1.72. The summed E-state index contributed by atoms with van der Waals surface area (Å²) in [6.07, 6.45) is 2.56. The second-order valence-electron chi connectivity index (χ2n) is 6.73. The molecule has 2 N–H and O–H groups in total. The number of hydrogen-bond donors (Lipinski definition) is 2. The fourth-order valence-corrected chi connectivity index (χ4v) is 3.44. The second kappa shape index (κ2) is 8.94. The average Bonchev–Trinajstić information content (AvgIpc) is 2.68. The lowest BCUT2D eigenvalue weighted by molar-refractivity contribution is 0.0935. The fraction of sp³-hybridized carbons (Fsp3) is 0.632. The van der Waals surface area contributed by atoms with E-state index in [-0.39, 0.29) is 6.10 Å². The summed E-state index contributed by atoms with van der Waals surface area (Å²) in [6, 6.07) is 7.79. The SMILES string of the molecule is CCN1CCCC(CNC(=NC)NCC2COc3ccccc3O2)C1. The van der Waals surface area contributed by atoms with Gasteiger partial charge in [0.1, 0.15) is 12.7 Å². The number of aliphatic imine (C=N–C) groups is 1. The van der Waals surface area contributed by atoms with Crippen LogP contribution in [0.4, 0.5) is 0 Å². The number of benzene rings is 1. The Morgan fingerprint density at radius 2 is 2.04 bits per heavy atom. The van der Waals surface area contributed by atoms with Crippen molar-refractivity contribution in [2.75, 3.05) is 46.4 Å². The van der Waals surface area contributed by atoms with Gasteiger partial charge in [-0.15, -0.1) is 0 Å². The maximum atomic E-state index is 5.97. The molecule has 0 saturated carbocycles. The van der Waals surface area contributed by atoms with Crippen molar-refractivity contribution < 1.29 is 9.47 Å². The van der Waals surface area contributed by atoms with Crippen LogP contribution in [0.3, 0.4) is 0 Å². The zero-order valence-electron chi connectivity index (χ0n) is 15.3. The van der Waals surface area contributed by atoms with Crippen LogP contribution >= 0.6 is 0 Å². The average molecular weight is 346 g/mol. The van der Waals surface area contributed by atoms with E-state index in [1.54, 1.807) is 0 Å². The van der Waals surface area contributed by atoms with Crippen molar-refractivity contribution in [1.82, 2.24) is 15.5 Å². The number of rotatable bonds is 5. The van der Waals surface area contributed by atoms with Gasteiger partial charge in [0.2, 0.25) is 0 Å². The van der Waals surface area contributed by atoms with Crippen LogP contribution in [0.15, 0.2) is 29.3 Å². The van der Waals surface area contributed by atoms with Crippen LogP contribution in [0.2, 0.25) is 0 Å². The number of guanidine groups is 1. The van der Waals surface area contributed by atoms with Crippen LogP contribution in [-0.4, -0.2) is 63.3 Å². The van der Waals surface area contributed by atoms with Crippen LogP contribution in [0.25, 0.3) is 0 Å². The van der Waals surface area contributed by atoms with Crippen LogP contribution in [0, 0.1) is 5.92 Å². The summed E-state index contributed by atoms with van der Waals surface area (Å²) in [6.45, 7) is 7.97. The summed E-state index contributed by atoms with van der Waals surface area (Å²) in [5.41, 5.74) is 0. The van der Waals surface area contributed by atoms with Crippen LogP contribution in [0.5, 0.6) is 11.5 Å². The van der Waals surface area contributed by atoms with E-state index in [1.165, 1.54) is 25.9 Å². The molecule has 0 spiro atoms. The number of piperidine rings is 1. The highest BCUT2D eigenvalue weighted by Crippen LogP contribution is 2.30. The van der Waals surface area contributed by atoms with Crippen LogP contribution in [-0.2, 0) is 0 Å². The number of likely N-dealkylation sites (tertiary alicyclic amines) is 1. The first-order valence-electron chi connectivity index (χ1n) is 9.33. The summed E-state index contributed by atoms with van der Waals surface area (Å²) in [5, 5.41) is 6.81. The van der Waals surface area contributed by atoms with E-state index in [9.17, 15) is 0 Å². The Bertz CT molecular complexity index is 578. The van der Waals surface area contributed by atoms with Gasteiger partial charge in [-0.05, 0) is 44.0 Å². The molecule has 1 saturated heterocycles. The highest BCUT2D eigenvalue weighted by atomic mass is 16.6. The van der Waals surface area contributed by atoms with E-state index >= 15 is 0 Å². The van der Waals surface area contributed by atoms with Gasteiger partial charge < -0.3 is 25.0 Å². The molecule has 138 valence electrons. The molecule has 2 heterocycles. The van der Waals surface area contributed by atoms with Gasteiger partial charge in [0.15, 0.2) is 17.5 Å². The molecule has 0 bridgehead atoms. The molecule has 2 unspecified atom stereocenters. The molecule has 0 radical (unpaired) electrons. The third-order valence-corrected chi connectivity index (χ3v) is 4.90. The van der Waals surface area contributed by atoms with E-state index < -0.39 is 0 Å². The number of para-hydroxylation sites is 2. The van der Waals surface area contributed by atoms with E-state index in [4.69, 9.17) is 9.47 Å². The molecular formula is C19H30N4O2. The molecule has 1 fully saturated rings. The monoisotopic (exact) mass is 346 g/mol. The number of fused-ring (bicyclic) bond motifs is 1. The molecule has 2 aliphatic rings. The number of nitrogens with zero attached hydrogens (tertiary/aromatic N) is 2. The smallest absolute Gasteiger partial charge is 0.191 e.